The fourth-order valence-electron chi connectivity index (χ4n) is 4.55. The third kappa shape index (κ3) is 2.00. The van der Waals surface area contributed by atoms with Crippen LogP contribution in [0.5, 0.6) is 11.5 Å². The molecule has 27 heavy (non-hydrogen) atoms. The van der Waals surface area contributed by atoms with Gasteiger partial charge in [-0.25, -0.2) is 4.90 Å². The summed E-state index contributed by atoms with van der Waals surface area (Å²) in [6.45, 7) is 3.01. The predicted molar refractivity (Wildman–Crippen MR) is 107 cm³/mol. The van der Waals surface area contributed by atoms with Gasteiger partial charge in [0.05, 0.1) is 11.1 Å². The molecular formula is C24H19NO2. The van der Waals surface area contributed by atoms with Gasteiger partial charge in [0.1, 0.15) is 11.5 Å². The molecule has 3 heteroatoms. The molecule has 0 fully saturated rings. The van der Waals surface area contributed by atoms with Gasteiger partial charge in [0.15, 0.2) is 12.5 Å². The van der Waals surface area contributed by atoms with Crippen molar-refractivity contribution in [1.29, 1.82) is 0 Å². The molecule has 0 saturated carbocycles. The Hall–Kier alpha value is -3.04. The summed E-state index contributed by atoms with van der Waals surface area (Å²) in [4.78, 5) is 2.31. The summed E-state index contributed by atoms with van der Waals surface area (Å²) in [6.07, 6.45) is -0.271. The van der Waals surface area contributed by atoms with E-state index >= 15 is 0 Å². The topological polar surface area (TPSA) is 21.7 Å². The van der Waals surface area contributed by atoms with E-state index in [1.54, 1.807) is 0 Å². The SMILES string of the molecule is CCN1[C@H]2Oc3ccc4ccccc4c3[C@@H]1Oc1ccc3ccccc3c12. The van der Waals surface area contributed by atoms with E-state index in [-0.39, 0.29) is 12.5 Å². The second-order valence-corrected chi connectivity index (χ2v) is 7.17. The first-order valence-corrected chi connectivity index (χ1v) is 9.47. The second kappa shape index (κ2) is 5.48. The van der Waals surface area contributed by atoms with E-state index in [1.807, 2.05) is 0 Å². The number of hydrogen-bond acceptors (Lipinski definition) is 3. The molecule has 2 aliphatic rings. The van der Waals surface area contributed by atoms with Crippen LogP contribution in [0.15, 0.2) is 72.8 Å². The summed E-state index contributed by atoms with van der Waals surface area (Å²) in [5.74, 6) is 1.85. The standard InChI is InChI=1S/C24H19NO2/c1-2-25-23-21-17-9-5-3-7-15(17)11-13-19(21)26-24(25)22-18-10-6-4-8-16(18)12-14-20(22)27-23/h3-14,23-24H,2H2,1H3/t23-,24-/m0/s1. The molecule has 2 bridgehead atoms. The molecule has 2 atom stereocenters. The largest absolute Gasteiger partial charge is 0.470 e. The average molecular weight is 353 g/mol. The molecule has 0 aromatic heterocycles. The number of nitrogens with zero attached hydrogens (tertiary/aromatic N) is 1. The highest BCUT2D eigenvalue weighted by atomic mass is 16.6. The van der Waals surface area contributed by atoms with E-state index in [9.17, 15) is 0 Å². The van der Waals surface area contributed by atoms with E-state index in [1.165, 1.54) is 21.5 Å². The van der Waals surface area contributed by atoms with E-state index in [0.717, 1.165) is 29.2 Å². The fraction of sp³-hybridized carbons (Fsp3) is 0.167. The molecule has 4 aromatic rings. The third-order valence-electron chi connectivity index (χ3n) is 5.80. The maximum Gasteiger partial charge on any atom is 0.186 e. The highest BCUT2D eigenvalue weighted by Gasteiger charge is 2.44. The van der Waals surface area contributed by atoms with Crippen molar-refractivity contribution in [3.05, 3.63) is 83.9 Å². The molecular weight excluding hydrogens is 334 g/mol. The molecule has 0 unspecified atom stereocenters. The monoisotopic (exact) mass is 353 g/mol. The first-order chi connectivity index (χ1) is 13.3. The molecule has 0 aliphatic carbocycles. The minimum atomic E-state index is -0.136. The minimum Gasteiger partial charge on any atom is -0.470 e. The summed E-state index contributed by atoms with van der Waals surface area (Å²) in [5.41, 5.74) is 2.26. The zero-order valence-corrected chi connectivity index (χ0v) is 15.1. The number of fused-ring (bicyclic) bond motifs is 10. The van der Waals surface area contributed by atoms with Crippen molar-refractivity contribution in [2.75, 3.05) is 6.54 Å². The molecule has 0 amide bonds. The minimum absolute atomic E-state index is 0.136. The maximum atomic E-state index is 6.59. The van der Waals surface area contributed by atoms with Crippen LogP contribution in [0, 0.1) is 0 Å². The van der Waals surface area contributed by atoms with Gasteiger partial charge in [0.2, 0.25) is 0 Å². The first-order valence-electron chi connectivity index (χ1n) is 9.47. The summed E-state index contributed by atoms with van der Waals surface area (Å²) in [7, 11) is 0. The maximum absolute atomic E-state index is 6.59. The molecule has 2 aliphatic heterocycles. The number of benzene rings is 4. The van der Waals surface area contributed by atoms with Gasteiger partial charge in [-0.15, -0.1) is 0 Å². The van der Waals surface area contributed by atoms with Crippen molar-refractivity contribution in [3.8, 4) is 11.5 Å². The molecule has 3 nitrogen and oxygen atoms in total. The van der Waals surface area contributed by atoms with Gasteiger partial charge in [0.25, 0.3) is 0 Å². The van der Waals surface area contributed by atoms with Gasteiger partial charge in [-0.3, -0.25) is 0 Å². The smallest absolute Gasteiger partial charge is 0.186 e. The Balaban J connectivity index is 1.63. The predicted octanol–water partition coefficient (Wildman–Crippen LogP) is 5.80. The average Bonchev–Trinajstić information content (AvgIpc) is 2.72. The van der Waals surface area contributed by atoms with Crippen LogP contribution in [0.25, 0.3) is 21.5 Å². The van der Waals surface area contributed by atoms with Crippen molar-refractivity contribution in [1.82, 2.24) is 4.90 Å². The fourth-order valence-corrected chi connectivity index (χ4v) is 4.55. The molecule has 2 heterocycles. The lowest BCUT2D eigenvalue weighted by Crippen LogP contribution is -2.45. The van der Waals surface area contributed by atoms with Crippen molar-refractivity contribution >= 4 is 21.5 Å². The Morgan fingerprint density at radius 1 is 0.667 bits per heavy atom. The molecule has 4 aromatic carbocycles. The second-order valence-electron chi connectivity index (χ2n) is 7.17. The van der Waals surface area contributed by atoms with E-state index in [2.05, 4.69) is 84.6 Å². The highest BCUT2D eigenvalue weighted by Crippen LogP contribution is 2.52. The Kier molecular flexibility index (Phi) is 3.06. The van der Waals surface area contributed by atoms with E-state index in [4.69, 9.17) is 9.47 Å². The zero-order valence-electron chi connectivity index (χ0n) is 15.1. The molecule has 132 valence electrons. The quantitative estimate of drug-likeness (QED) is 0.432. The van der Waals surface area contributed by atoms with Crippen LogP contribution in [0.3, 0.4) is 0 Å². The summed E-state index contributed by atoms with van der Waals surface area (Å²) in [6, 6.07) is 25.3. The van der Waals surface area contributed by atoms with Crippen LogP contribution < -0.4 is 9.47 Å². The van der Waals surface area contributed by atoms with Gasteiger partial charge < -0.3 is 9.47 Å². The lowest BCUT2D eigenvalue weighted by atomic mass is 9.95. The van der Waals surface area contributed by atoms with E-state index in [0.29, 0.717) is 0 Å². The van der Waals surface area contributed by atoms with Crippen molar-refractivity contribution in [3.63, 3.8) is 0 Å². The Morgan fingerprint density at radius 2 is 1.15 bits per heavy atom. The van der Waals surface area contributed by atoms with Gasteiger partial charge in [-0.1, -0.05) is 67.6 Å². The van der Waals surface area contributed by atoms with E-state index < -0.39 is 0 Å². The Bertz CT molecular complexity index is 1110. The number of rotatable bonds is 1. The Morgan fingerprint density at radius 3 is 1.63 bits per heavy atom. The lowest BCUT2D eigenvalue weighted by molar-refractivity contribution is -0.118. The first kappa shape index (κ1) is 15.1. The molecule has 0 radical (unpaired) electrons. The van der Waals surface area contributed by atoms with Crippen molar-refractivity contribution < 1.29 is 9.47 Å². The Labute approximate surface area is 157 Å². The summed E-state index contributed by atoms with van der Waals surface area (Å²) < 4.78 is 13.2. The molecule has 0 N–H and O–H groups in total. The molecule has 6 rings (SSSR count). The summed E-state index contributed by atoms with van der Waals surface area (Å²) in [5, 5.41) is 4.81. The third-order valence-corrected chi connectivity index (χ3v) is 5.80. The van der Waals surface area contributed by atoms with Crippen LogP contribution in [0.4, 0.5) is 0 Å². The lowest BCUT2D eigenvalue weighted by Gasteiger charge is -2.47. The van der Waals surface area contributed by atoms with Crippen LogP contribution in [-0.2, 0) is 0 Å². The zero-order chi connectivity index (χ0) is 18.0. The van der Waals surface area contributed by atoms with Crippen LogP contribution >= 0.6 is 0 Å². The summed E-state index contributed by atoms with van der Waals surface area (Å²) >= 11 is 0. The van der Waals surface area contributed by atoms with Gasteiger partial charge >= 0.3 is 0 Å². The number of hydrogen-bond donors (Lipinski definition) is 0. The highest BCUT2D eigenvalue weighted by molar-refractivity contribution is 5.90. The molecule has 0 spiro atoms. The van der Waals surface area contributed by atoms with Gasteiger partial charge in [-0.05, 0) is 33.7 Å². The molecule has 0 saturated heterocycles. The van der Waals surface area contributed by atoms with Gasteiger partial charge in [0, 0.05) is 6.54 Å². The van der Waals surface area contributed by atoms with Crippen LogP contribution in [0.2, 0.25) is 0 Å². The number of ether oxygens (including phenoxy) is 2. The van der Waals surface area contributed by atoms with Crippen molar-refractivity contribution in [2.45, 2.75) is 19.4 Å². The normalized spacial score (nSPS) is 20.6. The van der Waals surface area contributed by atoms with Gasteiger partial charge in [-0.2, -0.15) is 0 Å². The van der Waals surface area contributed by atoms with Crippen molar-refractivity contribution in [2.24, 2.45) is 0 Å². The van der Waals surface area contributed by atoms with Crippen LogP contribution in [0.1, 0.15) is 30.5 Å². The van der Waals surface area contributed by atoms with Crippen LogP contribution in [-0.4, -0.2) is 11.4 Å².